The van der Waals surface area contributed by atoms with E-state index in [9.17, 15) is 14.7 Å². The number of carbonyl (C=O) groups excluding carboxylic acids is 1. The van der Waals surface area contributed by atoms with E-state index in [1.807, 2.05) is 39.0 Å². The number of carboxylic acids is 1. The SMILES string of the molecule is Cc1cc(C)c(C2CC(=O)C3=C(C2)NC(COC(C)(C)C)=C(C(=O)O)C3c2cccc3[nH]ncc23)c(C)c1. The Bertz CT molecular complexity index is 1500. The second kappa shape index (κ2) is 9.55. The van der Waals surface area contributed by atoms with Gasteiger partial charge in [-0.05, 0) is 82.2 Å². The van der Waals surface area contributed by atoms with Crippen LogP contribution >= 0.6 is 0 Å². The van der Waals surface area contributed by atoms with Gasteiger partial charge in [0.05, 0.1) is 35.2 Å². The van der Waals surface area contributed by atoms with E-state index in [0.717, 1.165) is 22.2 Å². The van der Waals surface area contributed by atoms with Crippen molar-refractivity contribution in [3.8, 4) is 0 Å². The van der Waals surface area contributed by atoms with Gasteiger partial charge < -0.3 is 15.2 Å². The molecule has 7 heteroatoms. The molecule has 7 nitrogen and oxygen atoms in total. The number of carboxylic acid groups (broad SMARTS) is 1. The van der Waals surface area contributed by atoms with Gasteiger partial charge in [0.25, 0.3) is 0 Å². The van der Waals surface area contributed by atoms with Crippen molar-refractivity contribution in [1.29, 1.82) is 0 Å². The molecule has 2 unspecified atom stereocenters. The number of nitrogens with zero attached hydrogens (tertiary/aromatic N) is 1. The molecule has 1 aliphatic heterocycles. The number of nitrogens with one attached hydrogen (secondary N) is 2. The van der Waals surface area contributed by atoms with Crippen LogP contribution in [0.4, 0.5) is 0 Å². The summed E-state index contributed by atoms with van der Waals surface area (Å²) in [5, 5.41) is 21.8. The predicted octanol–water partition coefficient (Wildman–Crippen LogP) is 5.73. The number of aromatic amines is 1. The molecule has 0 saturated carbocycles. The Morgan fingerprint density at radius 3 is 2.50 bits per heavy atom. The Labute approximate surface area is 223 Å². The van der Waals surface area contributed by atoms with Crippen LogP contribution in [0.3, 0.4) is 0 Å². The first-order valence-electron chi connectivity index (χ1n) is 13.1. The number of aliphatic carboxylic acids is 1. The summed E-state index contributed by atoms with van der Waals surface area (Å²) < 4.78 is 6.07. The summed E-state index contributed by atoms with van der Waals surface area (Å²) in [7, 11) is 0. The first kappa shape index (κ1) is 25.9. The van der Waals surface area contributed by atoms with Gasteiger partial charge in [-0.15, -0.1) is 0 Å². The van der Waals surface area contributed by atoms with Crippen molar-refractivity contribution in [3.05, 3.63) is 86.9 Å². The fraction of sp³-hybridized carbons (Fsp3) is 0.387. The minimum Gasteiger partial charge on any atom is -0.478 e. The molecule has 1 aromatic heterocycles. The quantitative estimate of drug-likeness (QED) is 0.403. The molecule has 0 saturated heterocycles. The lowest BCUT2D eigenvalue weighted by atomic mass is 9.70. The average Bonchev–Trinajstić information content (AvgIpc) is 3.29. The largest absolute Gasteiger partial charge is 0.478 e. The zero-order valence-electron chi connectivity index (χ0n) is 22.9. The lowest BCUT2D eigenvalue weighted by molar-refractivity contribution is -0.133. The number of dihydropyridines is 1. The maximum atomic E-state index is 14.0. The maximum absolute atomic E-state index is 14.0. The molecule has 0 radical (unpaired) electrons. The molecule has 198 valence electrons. The third-order valence-electron chi connectivity index (χ3n) is 7.57. The molecule has 0 bridgehead atoms. The van der Waals surface area contributed by atoms with Gasteiger partial charge in [-0.2, -0.15) is 5.10 Å². The first-order chi connectivity index (χ1) is 17.9. The van der Waals surface area contributed by atoms with Crippen LogP contribution in [0.5, 0.6) is 0 Å². The van der Waals surface area contributed by atoms with Crippen molar-refractivity contribution in [2.45, 2.75) is 71.8 Å². The molecule has 0 fully saturated rings. The number of aryl methyl sites for hydroxylation is 3. The van der Waals surface area contributed by atoms with E-state index in [1.165, 1.54) is 22.3 Å². The van der Waals surface area contributed by atoms with E-state index >= 15 is 0 Å². The van der Waals surface area contributed by atoms with Crippen LogP contribution in [0.15, 0.2) is 59.1 Å². The van der Waals surface area contributed by atoms with Crippen LogP contribution in [0.2, 0.25) is 0 Å². The lowest BCUT2D eigenvalue weighted by Gasteiger charge is -2.38. The number of aromatic nitrogens is 2. The van der Waals surface area contributed by atoms with Crippen molar-refractivity contribution in [3.63, 3.8) is 0 Å². The summed E-state index contributed by atoms with van der Waals surface area (Å²) in [6.45, 7) is 12.2. The van der Waals surface area contributed by atoms with Gasteiger partial charge in [0.15, 0.2) is 5.78 Å². The van der Waals surface area contributed by atoms with E-state index in [0.29, 0.717) is 24.1 Å². The molecule has 1 aliphatic carbocycles. The number of hydrogen-bond donors (Lipinski definition) is 3. The summed E-state index contributed by atoms with van der Waals surface area (Å²) >= 11 is 0. The van der Waals surface area contributed by atoms with Crippen molar-refractivity contribution < 1.29 is 19.4 Å². The van der Waals surface area contributed by atoms with Crippen molar-refractivity contribution >= 4 is 22.7 Å². The molecule has 5 rings (SSSR count). The van der Waals surface area contributed by atoms with Crippen molar-refractivity contribution in [2.24, 2.45) is 0 Å². The maximum Gasteiger partial charge on any atom is 0.334 e. The van der Waals surface area contributed by atoms with Gasteiger partial charge in [-0.25, -0.2) is 4.79 Å². The molecule has 2 aromatic carbocycles. The third kappa shape index (κ3) is 4.67. The normalized spacial score (nSPS) is 20.1. The highest BCUT2D eigenvalue weighted by Crippen LogP contribution is 2.47. The highest BCUT2D eigenvalue weighted by atomic mass is 16.5. The van der Waals surface area contributed by atoms with Crippen molar-refractivity contribution in [1.82, 2.24) is 15.5 Å². The van der Waals surface area contributed by atoms with Gasteiger partial charge in [0.2, 0.25) is 0 Å². The van der Waals surface area contributed by atoms with Gasteiger partial charge in [-0.1, -0.05) is 29.8 Å². The highest BCUT2D eigenvalue weighted by molar-refractivity contribution is 6.05. The number of benzene rings is 2. The number of allylic oxidation sites excluding steroid dienone is 2. The fourth-order valence-corrected chi connectivity index (χ4v) is 6.20. The van der Waals surface area contributed by atoms with Gasteiger partial charge in [0.1, 0.15) is 0 Å². The summed E-state index contributed by atoms with van der Waals surface area (Å²) in [6.07, 6.45) is 2.66. The number of H-pyrrole nitrogens is 1. The van der Waals surface area contributed by atoms with Crippen molar-refractivity contribution in [2.75, 3.05) is 6.61 Å². The Morgan fingerprint density at radius 2 is 1.84 bits per heavy atom. The second-order valence-corrected chi connectivity index (χ2v) is 11.6. The van der Waals surface area contributed by atoms with Gasteiger partial charge in [-0.3, -0.25) is 9.89 Å². The molecule has 2 heterocycles. The highest BCUT2D eigenvalue weighted by Gasteiger charge is 2.43. The molecule has 3 N–H and O–H groups in total. The van der Waals surface area contributed by atoms with E-state index in [1.54, 1.807) is 6.20 Å². The topological polar surface area (TPSA) is 104 Å². The second-order valence-electron chi connectivity index (χ2n) is 11.6. The lowest BCUT2D eigenvalue weighted by Crippen LogP contribution is -2.38. The van der Waals surface area contributed by atoms with E-state index in [2.05, 4.69) is 48.4 Å². The molecule has 0 amide bonds. The third-order valence-corrected chi connectivity index (χ3v) is 7.57. The standard InChI is InChI=1S/C31H35N3O4/c1-16-10-17(2)26(18(3)11-16)19-12-23-28(25(35)13-19)27(20-8-7-9-22-21(20)14-32-34-22)29(30(36)37)24(33-23)15-38-31(4,5)6/h7-11,14,19,27,33H,12-13,15H2,1-6H3,(H,32,34)(H,36,37). The summed E-state index contributed by atoms with van der Waals surface area (Å²) in [6, 6.07) is 10.0. The monoisotopic (exact) mass is 513 g/mol. The van der Waals surface area contributed by atoms with Crippen LogP contribution in [0, 0.1) is 20.8 Å². The number of Topliss-reactive ketones (excluding diaryl/α,β-unsaturated/α-hetero) is 1. The van der Waals surface area contributed by atoms with E-state index < -0.39 is 17.5 Å². The number of fused-ring (bicyclic) bond motifs is 1. The molecular formula is C31H35N3O4. The Balaban J connectivity index is 1.68. The molecule has 2 aliphatic rings. The molecule has 0 spiro atoms. The van der Waals surface area contributed by atoms with E-state index in [-0.39, 0.29) is 23.9 Å². The van der Waals surface area contributed by atoms with Gasteiger partial charge >= 0.3 is 5.97 Å². The minimum atomic E-state index is -1.07. The fourth-order valence-electron chi connectivity index (χ4n) is 6.20. The van der Waals surface area contributed by atoms with Crippen LogP contribution in [0.1, 0.15) is 73.3 Å². The zero-order chi connectivity index (χ0) is 27.4. The number of carbonyl (C=O) groups is 2. The van der Waals surface area contributed by atoms with Gasteiger partial charge in [0, 0.05) is 29.0 Å². The first-order valence-corrected chi connectivity index (χ1v) is 13.1. The zero-order valence-corrected chi connectivity index (χ0v) is 22.9. The van der Waals surface area contributed by atoms with Crippen LogP contribution < -0.4 is 5.32 Å². The number of ether oxygens (including phenoxy) is 1. The Morgan fingerprint density at radius 1 is 1.13 bits per heavy atom. The smallest absolute Gasteiger partial charge is 0.334 e. The van der Waals surface area contributed by atoms with E-state index in [4.69, 9.17) is 4.74 Å². The molecule has 2 atom stereocenters. The van der Waals surface area contributed by atoms with Crippen LogP contribution in [-0.2, 0) is 14.3 Å². The number of hydrogen-bond acceptors (Lipinski definition) is 5. The summed E-state index contributed by atoms with van der Waals surface area (Å²) in [4.78, 5) is 26.8. The number of rotatable bonds is 5. The molecule has 38 heavy (non-hydrogen) atoms. The van der Waals surface area contributed by atoms with Crippen LogP contribution in [-0.4, -0.2) is 39.3 Å². The predicted molar refractivity (Wildman–Crippen MR) is 147 cm³/mol. The molecular weight excluding hydrogens is 478 g/mol. The Hall–Kier alpha value is -3.71. The summed E-state index contributed by atoms with van der Waals surface area (Å²) in [5.74, 6) is -1.81. The molecule has 3 aromatic rings. The number of ketones is 1. The minimum absolute atomic E-state index is 0.0101. The average molecular weight is 514 g/mol. The summed E-state index contributed by atoms with van der Waals surface area (Å²) in [5.41, 5.74) is 7.81. The Kier molecular flexibility index (Phi) is 6.51. The van der Waals surface area contributed by atoms with Crippen LogP contribution in [0.25, 0.3) is 10.9 Å².